The quantitative estimate of drug-likeness (QED) is 0.722. The van der Waals surface area contributed by atoms with Gasteiger partial charge in [-0.25, -0.2) is 0 Å². The number of hydrogen-bond donors (Lipinski definition) is 2. The number of halogens is 3. The molecule has 0 fully saturated rings. The zero-order chi connectivity index (χ0) is 12.3. The number of carboxylic acid groups (broad SMARTS) is 1. The van der Waals surface area contributed by atoms with E-state index in [4.69, 9.17) is 5.11 Å². The van der Waals surface area contributed by atoms with Crippen molar-refractivity contribution in [3.05, 3.63) is 12.2 Å². The zero-order valence-electron chi connectivity index (χ0n) is 8.12. The van der Waals surface area contributed by atoms with E-state index >= 15 is 0 Å². The predicted molar refractivity (Wildman–Crippen MR) is 47.5 cm³/mol. The van der Waals surface area contributed by atoms with E-state index in [2.05, 4.69) is 0 Å². The molecule has 0 saturated carbocycles. The molecule has 0 aliphatic heterocycles. The molecule has 0 aromatic rings. The van der Waals surface area contributed by atoms with Crippen LogP contribution in [0.3, 0.4) is 0 Å². The Morgan fingerprint density at radius 3 is 2.50 bits per heavy atom. The molecule has 0 saturated heterocycles. The molecule has 16 heavy (non-hydrogen) atoms. The maximum atomic E-state index is 11.9. The second-order valence-corrected chi connectivity index (χ2v) is 3.56. The van der Waals surface area contributed by atoms with Crippen LogP contribution in [0.5, 0.6) is 0 Å². The molecule has 0 aromatic heterocycles. The molecule has 7 heteroatoms. The van der Waals surface area contributed by atoms with Crippen LogP contribution in [-0.4, -0.2) is 29.2 Å². The van der Waals surface area contributed by atoms with Crippen LogP contribution in [0.4, 0.5) is 13.2 Å². The van der Waals surface area contributed by atoms with Gasteiger partial charge in [-0.1, -0.05) is 12.2 Å². The predicted octanol–water partition coefficient (Wildman–Crippen LogP) is 1.08. The Bertz CT molecular complexity index is 324. The Balaban J connectivity index is 2.41. The summed E-state index contributed by atoms with van der Waals surface area (Å²) >= 11 is 0. The molecule has 0 radical (unpaired) electrons. The number of carboxylic acids is 1. The Labute approximate surface area is 89.1 Å². The fourth-order valence-corrected chi connectivity index (χ4v) is 1.51. The summed E-state index contributed by atoms with van der Waals surface area (Å²) in [5.74, 6) is -3.34. The van der Waals surface area contributed by atoms with Crippen LogP contribution in [0.1, 0.15) is 12.8 Å². The highest BCUT2D eigenvalue weighted by atomic mass is 19.4. The first-order chi connectivity index (χ1) is 7.29. The van der Waals surface area contributed by atoms with Gasteiger partial charge in [0, 0.05) is 6.04 Å². The van der Waals surface area contributed by atoms with E-state index < -0.39 is 24.1 Å². The third-order valence-corrected chi connectivity index (χ3v) is 2.18. The lowest BCUT2D eigenvalue weighted by molar-refractivity contribution is -0.174. The molecule has 0 bridgehead atoms. The first kappa shape index (κ1) is 12.5. The molecule has 2 atom stereocenters. The highest BCUT2D eigenvalue weighted by Gasteiger charge is 2.40. The lowest BCUT2D eigenvalue weighted by atomic mass is 10.0. The molecule has 90 valence electrons. The normalized spacial score (nSPS) is 24.4. The highest BCUT2D eigenvalue weighted by Crippen LogP contribution is 2.22. The van der Waals surface area contributed by atoms with Gasteiger partial charge in [0.2, 0.25) is 0 Å². The summed E-state index contributed by atoms with van der Waals surface area (Å²) in [6.07, 6.45) is -1.96. The summed E-state index contributed by atoms with van der Waals surface area (Å²) in [4.78, 5) is 20.9. The lowest BCUT2D eigenvalue weighted by Gasteiger charge is -2.14. The van der Waals surface area contributed by atoms with Gasteiger partial charge in [-0.3, -0.25) is 9.59 Å². The van der Waals surface area contributed by atoms with Crippen molar-refractivity contribution in [1.29, 1.82) is 0 Å². The molecule has 0 unspecified atom stereocenters. The van der Waals surface area contributed by atoms with E-state index in [9.17, 15) is 22.8 Å². The molecule has 0 spiro atoms. The Hall–Kier alpha value is -1.53. The fourth-order valence-electron chi connectivity index (χ4n) is 1.51. The second-order valence-electron chi connectivity index (χ2n) is 3.56. The summed E-state index contributed by atoms with van der Waals surface area (Å²) < 4.78 is 35.6. The lowest BCUT2D eigenvalue weighted by Crippen LogP contribution is -2.41. The van der Waals surface area contributed by atoms with Gasteiger partial charge in [-0.05, 0) is 12.3 Å². The van der Waals surface area contributed by atoms with Crippen LogP contribution in [0, 0.1) is 5.92 Å². The van der Waals surface area contributed by atoms with Crippen molar-refractivity contribution >= 4 is 11.9 Å². The van der Waals surface area contributed by atoms with Crippen LogP contribution in [0.25, 0.3) is 0 Å². The van der Waals surface area contributed by atoms with Crippen LogP contribution >= 0.6 is 0 Å². The van der Waals surface area contributed by atoms with Crippen molar-refractivity contribution in [2.45, 2.75) is 25.1 Å². The van der Waals surface area contributed by atoms with Crippen LogP contribution in [-0.2, 0) is 9.59 Å². The first-order valence-electron chi connectivity index (χ1n) is 4.57. The topological polar surface area (TPSA) is 66.4 Å². The number of alkyl halides is 3. The largest absolute Gasteiger partial charge is 0.481 e. The van der Waals surface area contributed by atoms with Crippen molar-refractivity contribution in [1.82, 2.24) is 5.32 Å². The minimum atomic E-state index is -4.90. The van der Waals surface area contributed by atoms with E-state index in [1.165, 1.54) is 12.2 Å². The van der Waals surface area contributed by atoms with Crippen molar-refractivity contribution in [3.8, 4) is 0 Å². The average Bonchev–Trinajstić information content (AvgIpc) is 2.49. The van der Waals surface area contributed by atoms with Crippen molar-refractivity contribution in [2.75, 3.05) is 0 Å². The van der Waals surface area contributed by atoms with Crippen LogP contribution in [0.2, 0.25) is 0 Å². The van der Waals surface area contributed by atoms with Gasteiger partial charge in [-0.15, -0.1) is 0 Å². The molecule has 1 aliphatic rings. The summed E-state index contributed by atoms with van der Waals surface area (Å²) in [5, 5.41) is 10.2. The molecular formula is C9H10F3NO3. The minimum absolute atomic E-state index is 0.144. The molecule has 2 N–H and O–H groups in total. The number of hydrogen-bond acceptors (Lipinski definition) is 2. The second kappa shape index (κ2) is 4.54. The van der Waals surface area contributed by atoms with E-state index in [1.807, 2.05) is 0 Å². The van der Waals surface area contributed by atoms with Crippen LogP contribution in [0.15, 0.2) is 12.2 Å². The number of carbonyl (C=O) groups is 2. The van der Waals surface area contributed by atoms with Gasteiger partial charge in [0.1, 0.15) is 0 Å². The smallest absolute Gasteiger partial charge is 0.471 e. The van der Waals surface area contributed by atoms with E-state index in [-0.39, 0.29) is 18.8 Å². The first-order valence-corrected chi connectivity index (χ1v) is 4.57. The van der Waals surface area contributed by atoms with Gasteiger partial charge in [0.05, 0.1) is 6.42 Å². The highest BCUT2D eigenvalue weighted by molar-refractivity contribution is 5.82. The number of amides is 1. The van der Waals surface area contributed by atoms with E-state index in [0.717, 1.165) is 0 Å². The molecule has 0 heterocycles. The molecular weight excluding hydrogens is 227 g/mol. The minimum Gasteiger partial charge on any atom is -0.481 e. The Morgan fingerprint density at radius 1 is 1.38 bits per heavy atom. The maximum Gasteiger partial charge on any atom is 0.471 e. The van der Waals surface area contributed by atoms with Crippen molar-refractivity contribution < 1.29 is 27.9 Å². The summed E-state index contributed by atoms with van der Waals surface area (Å²) in [6.45, 7) is 0. The number of rotatable bonds is 3. The van der Waals surface area contributed by atoms with Crippen molar-refractivity contribution in [2.24, 2.45) is 5.92 Å². The molecule has 1 rings (SSSR count). The molecule has 4 nitrogen and oxygen atoms in total. The fraction of sp³-hybridized carbons (Fsp3) is 0.556. The van der Waals surface area contributed by atoms with Crippen molar-refractivity contribution in [3.63, 3.8) is 0 Å². The number of nitrogens with one attached hydrogen (secondary N) is 1. The monoisotopic (exact) mass is 237 g/mol. The number of carbonyl (C=O) groups excluding carboxylic acids is 1. The van der Waals surface area contributed by atoms with E-state index in [0.29, 0.717) is 0 Å². The summed E-state index contributed by atoms with van der Waals surface area (Å²) in [7, 11) is 0. The third-order valence-electron chi connectivity index (χ3n) is 2.18. The number of aliphatic carboxylic acids is 1. The Morgan fingerprint density at radius 2 is 2.00 bits per heavy atom. The summed E-state index contributed by atoms with van der Waals surface area (Å²) in [5.41, 5.74) is 0. The molecule has 0 aromatic carbocycles. The molecule has 1 aliphatic carbocycles. The van der Waals surface area contributed by atoms with Gasteiger partial charge in [0.15, 0.2) is 0 Å². The van der Waals surface area contributed by atoms with E-state index in [1.54, 1.807) is 5.32 Å². The average molecular weight is 237 g/mol. The molecule has 1 amide bonds. The van der Waals surface area contributed by atoms with Crippen LogP contribution < -0.4 is 5.32 Å². The van der Waals surface area contributed by atoms with Gasteiger partial charge < -0.3 is 10.4 Å². The van der Waals surface area contributed by atoms with Gasteiger partial charge in [-0.2, -0.15) is 13.2 Å². The summed E-state index contributed by atoms with van der Waals surface area (Å²) in [6, 6.07) is -0.738. The maximum absolute atomic E-state index is 11.9. The zero-order valence-corrected chi connectivity index (χ0v) is 8.12. The Kier molecular flexibility index (Phi) is 3.56. The SMILES string of the molecule is O=C(O)C[C@H]1C=C[C@@H](NC(=O)C(F)(F)F)C1. The van der Waals surface area contributed by atoms with Gasteiger partial charge in [0.25, 0.3) is 0 Å². The standard InChI is InChI=1S/C9H10F3NO3/c10-9(11,12)8(16)13-6-2-1-5(3-6)4-7(14)15/h1-2,5-6H,3-4H2,(H,13,16)(H,14,15)/t5-,6+/m0/s1. The van der Waals surface area contributed by atoms with Gasteiger partial charge >= 0.3 is 18.1 Å². The number of allylic oxidation sites excluding steroid dienone is 1. The third kappa shape index (κ3) is 3.56.